The van der Waals surface area contributed by atoms with Crippen molar-refractivity contribution in [1.29, 1.82) is 0 Å². The molecule has 4 nitrogen and oxygen atoms in total. The molecule has 0 spiro atoms. The van der Waals surface area contributed by atoms with Crippen molar-refractivity contribution in [2.24, 2.45) is 0 Å². The molecule has 130 valence electrons. The van der Waals surface area contributed by atoms with Crippen molar-refractivity contribution in [3.05, 3.63) is 65.7 Å². The second kappa shape index (κ2) is 6.98. The molecule has 2 unspecified atom stereocenters. The van der Waals surface area contributed by atoms with Gasteiger partial charge in [-0.25, -0.2) is 0 Å². The summed E-state index contributed by atoms with van der Waals surface area (Å²) in [6.45, 7) is 4.03. The van der Waals surface area contributed by atoms with E-state index in [9.17, 15) is 5.11 Å². The fourth-order valence-corrected chi connectivity index (χ4v) is 3.97. The predicted molar refractivity (Wildman–Crippen MR) is 98.2 cm³/mol. The Hall–Kier alpha value is -2.17. The number of furan rings is 1. The first-order valence-electron chi connectivity index (χ1n) is 9.01. The Bertz CT molecular complexity index is 844. The summed E-state index contributed by atoms with van der Waals surface area (Å²) in [6, 6.07) is 14.6. The molecule has 1 aliphatic heterocycles. The van der Waals surface area contributed by atoms with Crippen LogP contribution in [0.4, 0.5) is 0 Å². The SMILES string of the molecule is Cc1cc(CN2CCCC2CC(O)c2ccco2)c2ccccc2n1. The van der Waals surface area contributed by atoms with Crippen LogP contribution in [-0.4, -0.2) is 27.6 Å². The van der Waals surface area contributed by atoms with Gasteiger partial charge in [0.1, 0.15) is 11.9 Å². The van der Waals surface area contributed by atoms with Gasteiger partial charge >= 0.3 is 0 Å². The summed E-state index contributed by atoms with van der Waals surface area (Å²) in [4.78, 5) is 7.13. The lowest BCUT2D eigenvalue weighted by Crippen LogP contribution is -2.30. The van der Waals surface area contributed by atoms with Crippen LogP contribution in [0, 0.1) is 6.92 Å². The number of aromatic nitrogens is 1. The Balaban J connectivity index is 1.54. The third-order valence-electron chi connectivity index (χ3n) is 5.17. The van der Waals surface area contributed by atoms with Gasteiger partial charge in [-0.15, -0.1) is 0 Å². The molecule has 1 aliphatic rings. The lowest BCUT2D eigenvalue weighted by atomic mass is 10.0. The predicted octanol–water partition coefficient (Wildman–Crippen LogP) is 4.22. The summed E-state index contributed by atoms with van der Waals surface area (Å²) in [5, 5.41) is 11.7. The highest BCUT2D eigenvalue weighted by Gasteiger charge is 2.28. The Kier molecular flexibility index (Phi) is 4.55. The van der Waals surface area contributed by atoms with Gasteiger partial charge in [-0.2, -0.15) is 0 Å². The number of hydrogen-bond donors (Lipinski definition) is 1. The molecular weight excluding hydrogens is 312 g/mol. The summed E-state index contributed by atoms with van der Waals surface area (Å²) in [5.74, 6) is 0.664. The third-order valence-corrected chi connectivity index (χ3v) is 5.17. The number of para-hydroxylation sites is 1. The summed E-state index contributed by atoms with van der Waals surface area (Å²) >= 11 is 0. The van der Waals surface area contributed by atoms with Crippen molar-refractivity contribution in [1.82, 2.24) is 9.88 Å². The van der Waals surface area contributed by atoms with Gasteiger partial charge in [0, 0.05) is 23.7 Å². The van der Waals surface area contributed by atoms with Crippen LogP contribution in [0.2, 0.25) is 0 Å². The average Bonchev–Trinajstić information content (AvgIpc) is 3.27. The second-order valence-electron chi connectivity index (χ2n) is 6.97. The number of nitrogens with zero attached hydrogens (tertiary/aromatic N) is 2. The first-order valence-corrected chi connectivity index (χ1v) is 9.01. The van der Waals surface area contributed by atoms with E-state index in [1.807, 2.05) is 18.2 Å². The van der Waals surface area contributed by atoms with Gasteiger partial charge in [0.2, 0.25) is 0 Å². The molecule has 1 saturated heterocycles. The van der Waals surface area contributed by atoms with Crippen molar-refractivity contribution in [2.45, 2.75) is 44.9 Å². The lowest BCUT2D eigenvalue weighted by Gasteiger charge is -2.26. The summed E-state index contributed by atoms with van der Waals surface area (Å²) in [6.07, 6.45) is 4.11. The molecule has 0 radical (unpaired) electrons. The number of aryl methyl sites for hydroxylation is 1. The molecule has 1 fully saturated rings. The Morgan fingerprint density at radius 2 is 2.16 bits per heavy atom. The van der Waals surface area contributed by atoms with Gasteiger partial charge < -0.3 is 9.52 Å². The molecule has 0 amide bonds. The average molecular weight is 336 g/mol. The van der Waals surface area contributed by atoms with Crippen LogP contribution < -0.4 is 0 Å². The van der Waals surface area contributed by atoms with Crippen LogP contribution in [0.25, 0.3) is 10.9 Å². The number of benzene rings is 1. The minimum absolute atomic E-state index is 0.382. The zero-order valence-electron chi connectivity index (χ0n) is 14.6. The van der Waals surface area contributed by atoms with E-state index in [-0.39, 0.29) is 0 Å². The highest BCUT2D eigenvalue weighted by molar-refractivity contribution is 5.82. The van der Waals surface area contributed by atoms with Crippen LogP contribution in [0.15, 0.2) is 53.1 Å². The minimum atomic E-state index is -0.531. The first-order chi connectivity index (χ1) is 12.2. The molecule has 0 saturated carbocycles. The standard InChI is InChI=1S/C21H24N2O2/c1-15-12-16(18-7-2-3-8-19(18)22-15)14-23-10-4-6-17(23)13-20(24)21-9-5-11-25-21/h2-3,5,7-9,11-12,17,20,24H,4,6,10,13-14H2,1H3. The maximum atomic E-state index is 10.4. The fraction of sp³-hybridized carbons (Fsp3) is 0.381. The van der Waals surface area contributed by atoms with Crippen LogP contribution in [0.5, 0.6) is 0 Å². The number of fused-ring (bicyclic) bond motifs is 1. The molecule has 3 aromatic rings. The summed E-state index contributed by atoms with van der Waals surface area (Å²) < 4.78 is 5.36. The van der Waals surface area contributed by atoms with Crippen molar-refractivity contribution < 1.29 is 9.52 Å². The minimum Gasteiger partial charge on any atom is -0.467 e. The normalized spacial score (nSPS) is 19.5. The van der Waals surface area contributed by atoms with E-state index in [1.54, 1.807) is 6.26 Å². The van der Waals surface area contributed by atoms with Crippen LogP contribution >= 0.6 is 0 Å². The van der Waals surface area contributed by atoms with Crippen LogP contribution in [0.3, 0.4) is 0 Å². The Morgan fingerprint density at radius 1 is 1.28 bits per heavy atom. The van der Waals surface area contributed by atoms with Gasteiger partial charge in [-0.3, -0.25) is 9.88 Å². The van der Waals surface area contributed by atoms with Gasteiger partial charge in [0.15, 0.2) is 0 Å². The molecule has 3 heterocycles. The van der Waals surface area contributed by atoms with E-state index in [2.05, 4.69) is 41.1 Å². The fourth-order valence-electron chi connectivity index (χ4n) is 3.97. The summed E-state index contributed by atoms with van der Waals surface area (Å²) in [5.41, 5.74) is 3.44. The summed E-state index contributed by atoms with van der Waals surface area (Å²) in [7, 11) is 0. The molecule has 1 N–H and O–H groups in total. The highest BCUT2D eigenvalue weighted by Crippen LogP contribution is 2.30. The zero-order valence-corrected chi connectivity index (χ0v) is 14.6. The molecule has 4 rings (SSSR count). The maximum absolute atomic E-state index is 10.4. The number of aliphatic hydroxyl groups excluding tert-OH is 1. The van der Waals surface area contributed by atoms with Gasteiger partial charge in [0.25, 0.3) is 0 Å². The maximum Gasteiger partial charge on any atom is 0.132 e. The molecule has 25 heavy (non-hydrogen) atoms. The van der Waals surface area contributed by atoms with E-state index in [1.165, 1.54) is 17.4 Å². The van der Waals surface area contributed by atoms with E-state index in [0.717, 1.165) is 37.1 Å². The molecule has 4 heteroatoms. The quantitative estimate of drug-likeness (QED) is 0.758. The number of aliphatic hydroxyl groups is 1. The Morgan fingerprint density at radius 3 is 3.00 bits per heavy atom. The first kappa shape index (κ1) is 16.3. The van der Waals surface area contributed by atoms with Gasteiger partial charge in [-0.05, 0) is 62.6 Å². The highest BCUT2D eigenvalue weighted by atomic mass is 16.4. The van der Waals surface area contributed by atoms with Crippen molar-refractivity contribution in [3.8, 4) is 0 Å². The second-order valence-corrected chi connectivity index (χ2v) is 6.97. The number of pyridine rings is 1. The van der Waals surface area contributed by atoms with E-state index in [4.69, 9.17) is 4.42 Å². The third kappa shape index (κ3) is 3.46. The van der Waals surface area contributed by atoms with Crippen molar-refractivity contribution in [3.63, 3.8) is 0 Å². The number of likely N-dealkylation sites (tertiary alicyclic amines) is 1. The monoisotopic (exact) mass is 336 g/mol. The van der Waals surface area contributed by atoms with Gasteiger partial charge in [-0.1, -0.05) is 18.2 Å². The largest absolute Gasteiger partial charge is 0.467 e. The molecule has 2 atom stereocenters. The van der Waals surface area contributed by atoms with Gasteiger partial charge in [0.05, 0.1) is 11.8 Å². The number of hydrogen-bond acceptors (Lipinski definition) is 4. The molecule has 2 aromatic heterocycles. The number of rotatable bonds is 5. The molecule has 0 bridgehead atoms. The topological polar surface area (TPSA) is 49.5 Å². The van der Waals surface area contributed by atoms with Crippen molar-refractivity contribution >= 4 is 10.9 Å². The van der Waals surface area contributed by atoms with Crippen LogP contribution in [0.1, 0.15) is 42.4 Å². The molecular formula is C21H24N2O2. The Labute approximate surface area is 148 Å². The lowest BCUT2D eigenvalue weighted by molar-refractivity contribution is 0.0996. The van der Waals surface area contributed by atoms with E-state index >= 15 is 0 Å². The smallest absolute Gasteiger partial charge is 0.132 e. The zero-order chi connectivity index (χ0) is 17.2. The van der Waals surface area contributed by atoms with Crippen molar-refractivity contribution in [2.75, 3.05) is 6.54 Å². The molecule has 1 aromatic carbocycles. The van der Waals surface area contributed by atoms with E-state index < -0.39 is 6.10 Å². The van der Waals surface area contributed by atoms with Crippen LogP contribution in [-0.2, 0) is 6.54 Å². The van der Waals surface area contributed by atoms with E-state index in [0.29, 0.717) is 11.8 Å². The molecule has 0 aliphatic carbocycles.